The maximum Gasteiger partial charge on any atom is 0.243 e. The van der Waals surface area contributed by atoms with E-state index in [9.17, 15) is 0 Å². The molecule has 1 aromatic heterocycles. The van der Waals surface area contributed by atoms with Gasteiger partial charge in [-0.05, 0) is 19.3 Å². The zero-order valence-electron chi connectivity index (χ0n) is 10.2. The molecule has 0 amide bonds. The summed E-state index contributed by atoms with van der Waals surface area (Å²) in [5.41, 5.74) is 6.16. The minimum absolute atomic E-state index is 0.266. The molecule has 3 nitrogen and oxygen atoms in total. The average molecular weight is 210 g/mol. The van der Waals surface area contributed by atoms with E-state index in [0.717, 1.165) is 13.1 Å². The van der Waals surface area contributed by atoms with Crippen molar-refractivity contribution in [1.82, 2.24) is 4.57 Å². The molecule has 0 fully saturated rings. The quantitative estimate of drug-likeness (QED) is 0.710. The van der Waals surface area contributed by atoms with Crippen molar-refractivity contribution in [1.29, 1.82) is 0 Å². The molecule has 1 aromatic rings. The molecule has 0 spiro atoms. The lowest BCUT2D eigenvalue weighted by molar-refractivity contribution is -0.699. The summed E-state index contributed by atoms with van der Waals surface area (Å²) in [6, 6.07) is 0.266. The predicted molar refractivity (Wildman–Crippen MR) is 62.3 cm³/mol. The maximum atomic E-state index is 6.16. The highest BCUT2D eigenvalue weighted by Crippen LogP contribution is 2.08. The van der Waals surface area contributed by atoms with Gasteiger partial charge < -0.3 is 5.73 Å². The van der Waals surface area contributed by atoms with E-state index in [-0.39, 0.29) is 6.04 Å². The molecule has 0 bridgehead atoms. The number of aryl methyl sites for hydroxylation is 1. The summed E-state index contributed by atoms with van der Waals surface area (Å²) in [5, 5.41) is 0. The second kappa shape index (κ2) is 5.91. The van der Waals surface area contributed by atoms with Gasteiger partial charge in [-0.15, -0.1) is 0 Å². The Bertz CT molecular complexity index is 280. The Kier molecular flexibility index (Phi) is 4.82. The van der Waals surface area contributed by atoms with Gasteiger partial charge in [0.2, 0.25) is 6.33 Å². The highest BCUT2D eigenvalue weighted by molar-refractivity contribution is 4.68. The van der Waals surface area contributed by atoms with Crippen molar-refractivity contribution in [2.24, 2.45) is 11.7 Å². The molecular weight excluding hydrogens is 186 g/mol. The summed E-state index contributed by atoms with van der Waals surface area (Å²) in [7, 11) is 0. The lowest BCUT2D eigenvalue weighted by Gasteiger charge is -2.16. The molecular formula is C12H24N3+. The lowest BCUT2D eigenvalue weighted by atomic mass is 9.98. The first-order valence-electron chi connectivity index (χ1n) is 5.97. The third-order valence-electron chi connectivity index (χ3n) is 3.01. The van der Waals surface area contributed by atoms with Gasteiger partial charge in [-0.2, -0.15) is 0 Å². The summed E-state index contributed by atoms with van der Waals surface area (Å²) in [6.45, 7) is 8.54. The predicted octanol–water partition coefficient (Wildman–Crippen LogP) is 1.56. The topological polar surface area (TPSA) is 34.8 Å². The standard InChI is InChI=1S/C12H24N3/c1-4-6-11(3)12(13)9-15-8-7-14(5-2)10-15/h7-8,10-12H,4-6,9,13H2,1-3H3/q+1/t11?,12-/m1/s1. The zero-order chi connectivity index (χ0) is 11.3. The normalized spacial score (nSPS) is 15.2. The van der Waals surface area contributed by atoms with Crippen molar-refractivity contribution in [2.45, 2.75) is 52.7 Å². The lowest BCUT2D eigenvalue weighted by Crippen LogP contribution is -2.45. The molecule has 0 aliphatic heterocycles. The fourth-order valence-electron chi connectivity index (χ4n) is 1.83. The molecule has 1 unspecified atom stereocenters. The first-order valence-corrected chi connectivity index (χ1v) is 5.97. The monoisotopic (exact) mass is 210 g/mol. The van der Waals surface area contributed by atoms with Gasteiger partial charge in [0.05, 0.1) is 6.54 Å². The van der Waals surface area contributed by atoms with Crippen LogP contribution < -0.4 is 10.3 Å². The van der Waals surface area contributed by atoms with E-state index in [4.69, 9.17) is 5.73 Å². The van der Waals surface area contributed by atoms with Crippen LogP contribution in [0.4, 0.5) is 0 Å². The second-order valence-electron chi connectivity index (χ2n) is 4.37. The average Bonchev–Trinajstić information content (AvgIpc) is 2.66. The Balaban J connectivity index is 2.46. The van der Waals surface area contributed by atoms with E-state index in [0.29, 0.717) is 5.92 Å². The number of aromatic nitrogens is 2. The van der Waals surface area contributed by atoms with Crippen molar-refractivity contribution < 1.29 is 4.57 Å². The molecule has 0 saturated heterocycles. The van der Waals surface area contributed by atoms with E-state index in [1.807, 2.05) is 0 Å². The van der Waals surface area contributed by atoms with Crippen LogP contribution >= 0.6 is 0 Å². The van der Waals surface area contributed by atoms with E-state index < -0.39 is 0 Å². The minimum Gasteiger partial charge on any atom is -0.324 e. The van der Waals surface area contributed by atoms with Gasteiger partial charge in [0.25, 0.3) is 0 Å². The van der Waals surface area contributed by atoms with Crippen molar-refractivity contribution in [3.8, 4) is 0 Å². The molecule has 0 aliphatic carbocycles. The molecule has 3 heteroatoms. The van der Waals surface area contributed by atoms with Crippen molar-refractivity contribution in [3.05, 3.63) is 18.7 Å². The van der Waals surface area contributed by atoms with Crippen molar-refractivity contribution in [2.75, 3.05) is 0 Å². The van der Waals surface area contributed by atoms with Crippen LogP contribution in [-0.4, -0.2) is 10.6 Å². The van der Waals surface area contributed by atoms with Crippen molar-refractivity contribution >= 4 is 0 Å². The third-order valence-corrected chi connectivity index (χ3v) is 3.01. The largest absolute Gasteiger partial charge is 0.324 e. The fraction of sp³-hybridized carbons (Fsp3) is 0.750. The van der Waals surface area contributed by atoms with Crippen LogP contribution in [0.3, 0.4) is 0 Å². The van der Waals surface area contributed by atoms with E-state index in [1.165, 1.54) is 12.8 Å². The summed E-state index contributed by atoms with van der Waals surface area (Å²) in [5.74, 6) is 0.604. The number of nitrogens with zero attached hydrogens (tertiary/aromatic N) is 2. The zero-order valence-corrected chi connectivity index (χ0v) is 10.2. The first kappa shape index (κ1) is 12.2. The van der Waals surface area contributed by atoms with Gasteiger partial charge in [-0.25, -0.2) is 9.13 Å². The number of rotatable bonds is 6. The summed E-state index contributed by atoms with van der Waals surface area (Å²) in [4.78, 5) is 0. The number of imidazole rings is 1. The number of nitrogens with two attached hydrogens (primary N) is 1. The SMILES string of the molecule is CCCC(C)[C@H](N)C[n+]1ccn(CC)c1. The Morgan fingerprint density at radius 1 is 1.40 bits per heavy atom. The van der Waals surface area contributed by atoms with Crippen molar-refractivity contribution in [3.63, 3.8) is 0 Å². The van der Waals surface area contributed by atoms with Gasteiger partial charge in [-0.1, -0.05) is 20.3 Å². The highest BCUT2D eigenvalue weighted by atomic mass is 15.1. The van der Waals surface area contributed by atoms with Crippen LogP contribution in [0.15, 0.2) is 18.7 Å². The molecule has 86 valence electrons. The molecule has 15 heavy (non-hydrogen) atoms. The van der Waals surface area contributed by atoms with E-state index in [1.54, 1.807) is 0 Å². The molecule has 2 atom stereocenters. The molecule has 1 heterocycles. The molecule has 0 radical (unpaired) electrons. The summed E-state index contributed by atoms with van der Waals surface area (Å²) < 4.78 is 4.34. The second-order valence-corrected chi connectivity index (χ2v) is 4.37. The van der Waals surface area contributed by atoms with Gasteiger partial charge in [0.1, 0.15) is 18.9 Å². The van der Waals surface area contributed by atoms with Crippen LogP contribution in [0.25, 0.3) is 0 Å². The Morgan fingerprint density at radius 2 is 2.13 bits per heavy atom. The van der Waals surface area contributed by atoms with Crippen LogP contribution in [0.2, 0.25) is 0 Å². The van der Waals surface area contributed by atoms with Gasteiger partial charge in [0, 0.05) is 6.04 Å². The maximum absolute atomic E-state index is 6.16. The molecule has 0 aliphatic rings. The van der Waals surface area contributed by atoms with Crippen LogP contribution in [0.5, 0.6) is 0 Å². The molecule has 0 saturated carbocycles. The van der Waals surface area contributed by atoms with Gasteiger partial charge in [0.15, 0.2) is 0 Å². The van der Waals surface area contributed by atoms with Crippen LogP contribution in [0.1, 0.15) is 33.6 Å². The van der Waals surface area contributed by atoms with E-state index in [2.05, 4.69) is 48.6 Å². The Morgan fingerprint density at radius 3 is 2.67 bits per heavy atom. The highest BCUT2D eigenvalue weighted by Gasteiger charge is 2.15. The Hall–Kier alpha value is -0.830. The van der Waals surface area contributed by atoms with Crippen LogP contribution in [-0.2, 0) is 13.1 Å². The fourth-order valence-corrected chi connectivity index (χ4v) is 1.83. The Labute approximate surface area is 92.9 Å². The molecule has 1 rings (SSSR count). The van der Waals surface area contributed by atoms with Crippen LogP contribution in [0, 0.1) is 5.92 Å². The minimum atomic E-state index is 0.266. The number of hydrogen-bond acceptors (Lipinski definition) is 1. The smallest absolute Gasteiger partial charge is 0.243 e. The summed E-state index contributed by atoms with van der Waals surface area (Å²) in [6.07, 6.45) is 8.75. The number of hydrogen-bond donors (Lipinski definition) is 1. The molecule has 0 aromatic carbocycles. The van der Waals surface area contributed by atoms with E-state index >= 15 is 0 Å². The van der Waals surface area contributed by atoms with Gasteiger partial charge in [-0.3, -0.25) is 0 Å². The third kappa shape index (κ3) is 3.67. The summed E-state index contributed by atoms with van der Waals surface area (Å²) >= 11 is 0. The first-order chi connectivity index (χ1) is 7.17. The molecule has 2 N–H and O–H groups in total. The van der Waals surface area contributed by atoms with Gasteiger partial charge >= 0.3 is 0 Å².